The van der Waals surface area contributed by atoms with Crippen molar-refractivity contribution in [3.05, 3.63) is 46.8 Å². The molecule has 3 rings (SSSR count). The summed E-state index contributed by atoms with van der Waals surface area (Å²) in [5.41, 5.74) is 2.79. The lowest BCUT2D eigenvalue weighted by Crippen LogP contribution is -2.25. The van der Waals surface area contributed by atoms with Gasteiger partial charge in [0.25, 0.3) is 5.91 Å². The Morgan fingerprint density at radius 3 is 2.73 bits per heavy atom. The summed E-state index contributed by atoms with van der Waals surface area (Å²) in [6, 6.07) is 5.34. The second-order valence-corrected chi connectivity index (χ2v) is 5.77. The number of aryl methyl sites for hydroxylation is 1. The van der Waals surface area contributed by atoms with Gasteiger partial charge in [0.1, 0.15) is 5.75 Å². The van der Waals surface area contributed by atoms with Gasteiger partial charge in [-0.05, 0) is 24.6 Å². The number of amides is 1. The lowest BCUT2D eigenvalue weighted by molar-refractivity contribution is -0.274. The average molecular weight is 369 g/mol. The molecular formula is C17H18F3N3O3. The summed E-state index contributed by atoms with van der Waals surface area (Å²) in [5, 5.41) is 7.09. The van der Waals surface area contributed by atoms with Crippen molar-refractivity contribution in [2.24, 2.45) is 0 Å². The van der Waals surface area contributed by atoms with Gasteiger partial charge in [0.15, 0.2) is 5.69 Å². The molecule has 0 saturated heterocycles. The largest absolute Gasteiger partial charge is 0.573 e. The number of nitrogens with zero attached hydrogens (tertiary/aromatic N) is 2. The molecule has 1 aromatic heterocycles. The molecule has 9 heteroatoms. The van der Waals surface area contributed by atoms with E-state index in [4.69, 9.17) is 4.74 Å². The monoisotopic (exact) mass is 369 g/mol. The summed E-state index contributed by atoms with van der Waals surface area (Å²) in [7, 11) is 0. The number of aromatic nitrogens is 2. The molecule has 1 amide bonds. The molecule has 1 aliphatic rings. The molecule has 2 aromatic rings. The molecule has 26 heavy (non-hydrogen) atoms. The summed E-state index contributed by atoms with van der Waals surface area (Å²) >= 11 is 0. The predicted molar refractivity (Wildman–Crippen MR) is 85.6 cm³/mol. The van der Waals surface area contributed by atoms with Gasteiger partial charge in [0, 0.05) is 30.8 Å². The first kappa shape index (κ1) is 18.2. The van der Waals surface area contributed by atoms with Crippen LogP contribution in [0.5, 0.6) is 5.75 Å². The molecule has 0 radical (unpaired) electrons. The van der Waals surface area contributed by atoms with Gasteiger partial charge in [-0.3, -0.25) is 9.48 Å². The first-order valence-electron chi connectivity index (χ1n) is 8.16. The fourth-order valence-electron chi connectivity index (χ4n) is 2.83. The van der Waals surface area contributed by atoms with Crippen LogP contribution in [0.15, 0.2) is 24.3 Å². The van der Waals surface area contributed by atoms with Crippen molar-refractivity contribution in [1.82, 2.24) is 15.1 Å². The number of alkyl halides is 3. The van der Waals surface area contributed by atoms with Crippen LogP contribution in [0.1, 0.15) is 34.2 Å². The normalized spacial score (nSPS) is 14.0. The summed E-state index contributed by atoms with van der Waals surface area (Å²) in [6.45, 7) is 3.73. The van der Waals surface area contributed by atoms with E-state index >= 15 is 0 Å². The minimum atomic E-state index is -4.73. The molecule has 0 spiro atoms. The van der Waals surface area contributed by atoms with E-state index in [0.29, 0.717) is 37.4 Å². The number of ether oxygens (including phenoxy) is 2. The quantitative estimate of drug-likeness (QED) is 0.880. The van der Waals surface area contributed by atoms with E-state index in [1.165, 1.54) is 24.3 Å². The molecule has 0 unspecified atom stereocenters. The highest BCUT2D eigenvalue weighted by atomic mass is 19.4. The van der Waals surface area contributed by atoms with Crippen molar-refractivity contribution in [2.75, 3.05) is 6.61 Å². The molecule has 0 aliphatic carbocycles. The Morgan fingerprint density at radius 1 is 1.35 bits per heavy atom. The van der Waals surface area contributed by atoms with Crippen molar-refractivity contribution in [3.8, 4) is 5.75 Å². The lowest BCUT2D eigenvalue weighted by Gasteiger charge is -2.14. The Kier molecular flexibility index (Phi) is 5.17. The van der Waals surface area contributed by atoms with Crippen LogP contribution in [0.3, 0.4) is 0 Å². The Hall–Kier alpha value is -2.55. The van der Waals surface area contributed by atoms with Gasteiger partial charge in [-0.1, -0.05) is 12.1 Å². The maximum Gasteiger partial charge on any atom is 0.573 e. The summed E-state index contributed by atoms with van der Waals surface area (Å²) in [6.07, 6.45) is -4.01. The highest BCUT2D eigenvalue weighted by Gasteiger charge is 2.31. The lowest BCUT2D eigenvalue weighted by atomic mass is 10.1. The number of nitrogens with one attached hydrogen (secondary N) is 1. The summed E-state index contributed by atoms with van der Waals surface area (Å²) < 4.78 is 47.5. The zero-order chi connectivity index (χ0) is 18.7. The number of hydrogen-bond acceptors (Lipinski definition) is 4. The molecule has 1 aromatic carbocycles. The van der Waals surface area contributed by atoms with Crippen LogP contribution in [-0.2, 0) is 30.9 Å². The maximum atomic E-state index is 12.5. The van der Waals surface area contributed by atoms with Gasteiger partial charge in [0.05, 0.1) is 13.2 Å². The van der Waals surface area contributed by atoms with Crippen LogP contribution in [0.2, 0.25) is 0 Å². The van der Waals surface area contributed by atoms with Crippen molar-refractivity contribution in [3.63, 3.8) is 0 Å². The standard InChI is InChI=1S/C17H18F3N3O3/c1-2-23-14-7-8-25-10-13(14)15(22-23)16(24)21-9-11-3-5-12(6-4-11)26-17(18,19)20/h3-6H,2,7-10H2,1H3,(H,21,24). The van der Waals surface area contributed by atoms with Crippen LogP contribution < -0.4 is 10.1 Å². The molecule has 140 valence electrons. The number of carbonyl (C=O) groups excluding carboxylic acids is 1. The number of carbonyl (C=O) groups is 1. The second-order valence-electron chi connectivity index (χ2n) is 5.77. The molecule has 2 heterocycles. The van der Waals surface area contributed by atoms with Gasteiger partial charge in [0.2, 0.25) is 0 Å². The van der Waals surface area contributed by atoms with Gasteiger partial charge < -0.3 is 14.8 Å². The number of hydrogen-bond donors (Lipinski definition) is 1. The van der Waals surface area contributed by atoms with E-state index in [9.17, 15) is 18.0 Å². The van der Waals surface area contributed by atoms with E-state index in [-0.39, 0.29) is 18.2 Å². The third kappa shape index (κ3) is 4.16. The van der Waals surface area contributed by atoms with Crippen molar-refractivity contribution in [2.45, 2.75) is 39.4 Å². The molecule has 1 aliphatic heterocycles. The zero-order valence-electron chi connectivity index (χ0n) is 14.1. The zero-order valence-corrected chi connectivity index (χ0v) is 14.1. The number of halogens is 3. The average Bonchev–Trinajstić information content (AvgIpc) is 2.98. The van der Waals surface area contributed by atoms with Crippen LogP contribution in [-0.4, -0.2) is 28.7 Å². The van der Waals surface area contributed by atoms with Crippen molar-refractivity contribution < 1.29 is 27.4 Å². The fourth-order valence-corrected chi connectivity index (χ4v) is 2.83. The predicted octanol–water partition coefficient (Wildman–Crippen LogP) is 2.80. The van der Waals surface area contributed by atoms with Gasteiger partial charge >= 0.3 is 6.36 Å². The summed E-state index contributed by atoms with van der Waals surface area (Å²) in [5.74, 6) is -0.643. The number of rotatable bonds is 5. The van der Waals surface area contributed by atoms with Gasteiger partial charge in [-0.25, -0.2) is 0 Å². The number of fused-ring (bicyclic) bond motifs is 1. The molecule has 0 fully saturated rings. The second kappa shape index (κ2) is 7.36. The maximum absolute atomic E-state index is 12.5. The van der Waals surface area contributed by atoms with Crippen LogP contribution >= 0.6 is 0 Å². The van der Waals surface area contributed by atoms with E-state index in [0.717, 1.165) is 11.3 Å². The highest BCUT2D eigenvalue weighted by molar-refractivity contribution is 5.94. The SMILES string of the molecule is CCn1nc(C(=O)NCc2ccc(OC(F)(F)F)cc2)c2c1CCOC2. The molecule has 0 saturated carbocycles. The minimum Gasteiger partial charge on any atom is -0.406 e. The van der Waals surface area contributed by atoms with Crippen LogP contribution in [0.25, 0.3) is 0 Å². The molecular weight excluding hydrogens is 351 g/mol. The van der Waals surface area contributed by atoms with Crippen LogP contribution in [0, 0.1) is 0 Å². The third-order valence-corrected chi connectivity index (χ3v) is 4.02. The fraction of sp³-hybridized carbons (Fsp3) is 0.412. The van der Waals surface area contributed by atoms with Crippen molar-refractivity contribution >= 4 is 5.91 Å². The first-order chi connectivity index (χ1) is 12.4. The molecule has 6 nitrogen and oxygen atoms in total. The number of benzene rings is 1. The molecule has 0 bridgehead atoms. The van der Waals surface area contributed by atoms with E-state index in [1.807, 2.05) is 6.92 Å². The van der Waals surface area contributed by atoms with Gasteiger partial charge in [-0.2, -0.15) is 5.10 Å². The topological polar surface area (TPSA) is 65.4 Å². The van der Waals surface area contributed by atoms with Gasteiger partial charge in [-0.15, -0.1) is 13.2 Å². The molecule has 1 N–H and O–H groups in total. The van der Waals surface area contributed by atoms with Crippen molar-refractivity contribution in [1.29, 1.82) is 0 Å². The third-order valence-electron chi connectivity index (χ3n) is 4.02. The van der Waals surface area contributed by atoms with E-state index in [1.54, 1.807) is 4.68 Å². The Balaban J connectivity index is 1.65. The van der Waals surface area contributed by atoms with E-state index < -0.39 is 6.36 Å². The molecule has 0 atom stereocenters. The van der Waals surface area contributed by atoms with E-state index in [2.05, 4.69) is 15.2 Å². The summed E-state index contributed by atoms with van der Waals surface area (Å²) in [4.78, 5) is 12.5. The minimum absolute atomic E-state index is 0.166. The Morgan fingerprint density at radius 2 is 2.08 bits per heavy atom. The van der Waals surface area contributed by atoms with Crippen LogP contribution in [0.4, 0.5) is 13.2 Å². The highest BCUT2D eigenvalue weighted by Crippen LogP contribution is 2.23. The Bertz CT molecular complexity index is 785. The smallest absolute Gasteiger partial charge is 0.406 e. The Labute approximate surface area is 147 Å². The first-order valence-corrected chi connectivity index (χ1v) is 8.16.